The largest absolute Gasteiger partial charge is 0.394 e. The Morgan fingerprint density at radius 2 is 1.71 bits per heavy atom. The van der Waals surface area contributed by atoms with Gasteiger partial charge in [-0.25, -0.2) is 0 Å². The molecule has 82 valence electrons. The van der Waals surface area contributed by atoms with E-state index in [1.54, 1.807) is 13.8 Å². The molecule has 0 aliphatic rings. The van der Waals surface area contributed by atoms with Crippen molar-refractivity contribution in [3.05, 3.63) is 0 Å². The van der Waals surface area contributed by atoms with Crippen LogP contribution in [-0.2, 0) is 0 Å². The summed E-state index contributed by atoms with van der Waals surface area (Å²) in [7, 11) is 0. The van der Waals surface area contributed by atoms with E-state index in [2.05, 4.69) is 5.92 Å². The molecule has 0 saturated heterocycles. The summed E-state index contributed by atoms with van der Waals surface area (Å²) in [6, 6.07) is 0. The van der Waals surface area contributed by atoms with E-state index < -0.39 is 11.1 Å². The Kier molecular flexibility index (Phi) is 4.60. The lowest BCUT2D eigenvalue weighted by Gasteiger charge is -2.43. The first-order valence-corrected chi connectivity index (χ1v) is 4.81. The van der Waals surface area contributed by atoms with Gasteiger partial charge in [-0.2, -0.15) is 5.06 Å². The Morgan fingerprint density at radius 1 is 1.21 bits per heavy atom. The molecule has 3 nitrogen and oxygen atoms in total. The molecule has 0 heterocycles. The molecule has 0 saturated carbocycles. The number of hydroxylamine groups is 2. The number of aliphatic hydroxyl groups is 1. The van der Waals surface area contributed by atoms with Crippen LogP contribution >= 0.6 is 0 Å². The van der Waals surface area contributed by atoms with Gasteiger partial charge in [0.2, 0.25) is 0 Å². The van der Waals surface area contributed by atoms with Crippen LogP contribution in [-0.4, -0.2) is 33.1 Å². The zero-order valence-electron chi connectivity index (χ0n) is 9.54. The molecule has 3 heteroatoms. The molecule has 0 rings (SSSR count). The Hall–Kier alpha value is -0.560. The molecule has 0 aromatic heterocycles. The van der Waals surface area contributed by atoms with E-state index in [1.165, 1.54) is 5.06 Å². The van der Waals surface area contributed by atoms with Crippen LogP contribution < -0.4 is 0 Å². The summed E-state index contributed by atoms with van der Waals surface area (Å²) < 4.78 is 0. The maximum atomic E-state index is 9.94. The maximum Gasteiger partial charge on any atom is 0.0640 e. The fourth-order valence-electron chi connectivity index (χ4n) is 1.37. The molecule has 0 bridgehead atoms. The molecule has 14 heavy (non-hydrogen) atoms. The summed E-state index contributed by atoms with van der Waals surface area (Å²) in [5.41, 5.74) is -1.06. The lowest BCUT2D eigenvalue weighted by atomic mass is 9.93. The molecule has 0 aromatic carbocycles. The number of nitrogens with zero attached hydrogens (tertiary/aromatic N) is 1. The third-order valence-electron chi connectivity index (χ3n) is 2.41. The molecule has 0 radical (unpaired) electrons. The second-order valence-electron chi connectivity index (χ2n) is 4.80. The van der Waals surface area contributed by atoms with E-state index in [-0.39, 0.29) is 6.61 Å². The highest BCUT2D eigenvalue weighted by Crippen LogP contribution is 2.26. The Bertz CT molecular complexity index is 216. The standard InChI is InChI=1S/C11H21NO2/c1-6-7-8-10(2,3)12(14)11(4,5)9-13/h1,13-14H,7-9H2,2-5H3. The van der Waals surface area contributed by atoms with Gasteiger partial charge in [-0.15, -0.1) is 12.3 Å². The number of hydrogen-bond donors (Lipinski definition) is 2. The van der Waals surface area contributed by atoms with Crippen LogP contribution in [0.25, 0.3) is 0 Å². The Balaban J connectivity index is 4.50. The van der Waals surface area contributed by atoms with Crippen molar-refractivity contribution in [2.45, 2.75) is 51.6 Å². The van der Waals surface area contributed by atoms with Crippen LogP contribution in [0.1, 0.15) is 40.5 Å². The molecule has 0 aliphatic carbocycles. The summed E-state index contributed by atoms with van der Waals surface area (Å²) in [4.78, 5) is 0. The van der Waals surface area contributed by atoms with Crippen molar-refractivity contribution in [3.8, 4) is 12.3 Å². The zero-order chi connectivity index (χ0) is 11.4. The predicted octanol–water partition coefficient (Wildman–Crippen LogP) is 1.64. The van der Waals surface area contributed by atoms with Gasteiger partial charge in [-0.1, -0.05) is 0 Å². The third kappa shape index (κ3) is 3.30. The minimum absolute atomic E-state index is 0.0943. The van der Waals surface area contributed by atoms with E-state index in [1.807, 2.05) is 13.8 Å². The lowest BCUT2D eigenvalue weighted by Crippen LogP contribution is -2.55. The molecule has 0 atom stereocenters. The first-order chi connectivity index (χ1) is 6.28. The third-order valence-corrected chi connectivity index (χ3v) is 2.41. The van der Waals surface area contributed by atoms with Crippen LogP contribution in [0.5, 0.6) is 0 Å². The SMILES string of the molecule is C#CCCC(C)(C)N(O)C(C)(C)CO. The topological polar surface area (TPSA) is 43.7 Å². The highest BCUT2D eigenvalue weighted by molar-refractivity contribution is 4.92. The van der Waals surface area contributed by atoms with E-state index in [0.717, 1.165) is 0 Å². The fraction of sp³-hybridized carbons (Fsp3) is 0.818. The Morgan fingerprint density at radius 3 is 2.07 bits per heavy atom. The second kappa shape index (κ2) is 4.79. The first-order valence-electron chi connectivity index (χ1n) is 4.81. The van der Waals surface area contributed by atoms with Crippen molar-refractivity contribution in [3.63, 3.8) is 0 Å². The van der Waals surface area contributed by atoms with Gasteiger partial charge in [0.15, 0.2) is 0 Å². The van der Waals surface area contributed by atoms with E-state index in [0.29, 0.717) is 12.8 Å². The number of aliphatic hydroxyl groups excluding tert-OH is 1. The van der Waals surface area contributed by atoms with Crippen LogP contribution in [0.3, 0.4) is 0 Å². The first kappa shape index (κ1) is 13.4. The van der Waals surface area contributed by atoms with Crippen molar-refractivity contribution in [1.29, 1.82) is 0 Å². The minimum Gasteiger partial charge on any atom is -0.394 e. The average molecular weight is 199 g/mol. The van der Waals surface area contributed by atoms with Gasteiger partial charge in [0, 0.05) is 12.0 Å². The molecule has 0 aliphatic heterocycles. The normalized spacial score (nSPS) is 13.0. The van der Waals surface area contributed by atoms with Crippen molar-refractivity contribution in [2.75, 3.05) is 6.61 Å². The lowest BCUT2D eigenvalue weighted by molar-refractivity contribution is -0.233. The average Bonchev–Trinajstić information content (AvgIpc) is 2.13. The maximum absolute atomic E-state index is 9.94. The number of rotatable bonds is 5. The van der Waals surface area contributed by atoms with Crippen molar-refractivity contribution < 1.29 is 10.3 Å². The van der Waals surface area contributed by atoms with Gasteiger partial charge in [0.25, 0.3) is 0 Å². The van der Waals surface area contributed by atoms with Crippen LogP contribution in [0.2, 0.25) is 0 Å². The molecular weight excluding hydrogens is 178 g/mol. The zero-order valence-corrected chi connectivity index (χ0v) is 9.54. The second-order valence-corrected chi connectivity index (χ2v) is 4.80. The summed E-state index contributed by atoms with van der Waals surface area (Å²) in [6.07, 6.45) is 6.49. The van der Waals surface area contributed by atoms with Gasteiger partial charge in [-0.3, -0.25) is 0 Å². The molecule has 0 amide bonds. The highest BCUT2D eigenvalue weighted by atomic mass is 16.5. The van der Waals surface area contributed by atoms with Crippen molar-refractivity contribution >= 4 is 0 Å². The van der Waals surface area contributed by atoms with Crippen molar-refractivity contribution in [2.24, 2.45) is 0 Å². The Labute approximate surface area is 86.7 Å². The minimum atomic E-state index is -0.641. The van der Waals surface area contributed by atoms with Crippen LogP contribution in [0.4, 0.5) is 0 Å². The molecule has 0 spiro atoms. The molecule has 2 N–H and O–H groups in total. The van der Waals surface area contributed by atoms with Gasteiger partial charge in [0.1, 0.15) is 0 Å². The predicted molar refractivity (Wildman–Crippen MR) is 56.9 cm³/mol. The van der Waals surface area contributed by atoms with Crippen LogP contribution in [0, 0.1) is 12.3 Å². The highest BCUT2D eigenvalue weighted by Gasteiger charge is 2.36. The van der Waals surface area contributed by atoms with Gasteiger partial charge >= 0.3 is 0 Å². The van der Waals surface area contributed by atoms with Crippen molar-refractivity contribution in [1.82, 2.24) is 5.06 Å². The summed E-state index contributed by atoms with van der Waals surface area (Å²) in [6.45, 7) is 7.28. The van der Waals surface area contributed by atoms with Gasteiger partial charge in [-0.05, 0) is 34.1 Å². The van der Waals surface area contributed by atoms with E-state index >= 15 is 0 Å². The molecule has 0 fully saturated rings. The smallest absolute Gasteiger partial charge is 0.0640 e. The quantitative estimate of drug-likeness (QED) is 0.522. The summed E-state index contributed by atoms with van der Waals surface area (Å²) in [5.74, 6) is 2.55. The van der Waals surface area contributed by atoms with Crippen LogP contribution in [0.15, 0.2) is 0 Å². The van der Waals surface area contributed by atoms with Gasteiger partial charge < -0.3 is 10.3 Å². The van der Waals surface area contributed by atoms with E-state index in [9.17, 15) is 5.21 Å². The number of hydrogen-bond acceptors (Lipinski definition) is 3. The summed E-state index contributed by atoms with van der Waals surface area (Å²) >= 11 is 0. The summed E-state index contributed by atoms with van der Waals surface area (Å²) in [5, 5.41) is 20.2. The molecular formula is C11H21NO2. The van der Waals surface area contributed by atoms with E-state index in [4.69, 9.17) is 11.5 Å². The number of terminal acetylenes is 1. The monoisotopic (exact) mass is 199 g/mol. The van der Waals surface area contributed by atoms with Gasteiger partial charge in [0.05, 0.1) is 12.1 Å². The molecule has 0 unspecified atom stereocenters. The molecule has 0 aromatic rings. The fourth-order valence-corrected chi connectivity index (χ4v) is 1.37.